The molecule has 26 heavy (non-hydrogen) atoms. The summed E-state index contributed by atoms with van der Waals surface area (Å²) < 4.78 is 0. The quantitative estimate of drug-likeness (QED) is 0.749. The summed E-state index contributed by atoms with van der Waals surface area (Å²) in [7, 11) is 0. The normalized spacial score (nSPS) is 16.7. The van der Waals surface area contributed by atoms with E-state index in [0.29, 0.717) is 11.8 Å². The van der Waals surface area contributed by atoms with E-state index in [2.05, 4.69) is 30.5 Å². The Morgan fingerprint density at radius 1 is 1.23 bits per heavy atom. The van der Waals surface area contributed by atoms with Gasteiger partial charge in [-0.15, -0.1) is 0 Å². The Labute approximate surface area is 150 Å². The molecule has 2 aromatic heterocycles. The van der Waals surface area contributed by atoms with Gasteiger partial charge in [-0.05, 0) is 50.1 Å². The maximum Gasteiger partial charge on any atom is 0.247 e. The summed E-state index contributed by atoms with van der Waals surface area (Å²) in [5.41, 5.74) is 1.64. The number of carbonyl (C=O) groups is 1. The molecule has 2 N–H and O–H groups in total. The molecule has 0 aliphatic carbocycles. The van der Waals surface area contributed by atoms with Crippen LogP contribution in [0.3, 0.4) is 0 Å². The first kappa shape index (κ1) is 16.2. The molecule has 0 radical (unpaired) electrons. The average molecular weight is 349 g/mol. The van der Waals surface area contributed by atoms with Gasteiger partial charge in [-0.3, -0.25) is 9.89 Å². The molecule has 1 amide bonds. The van der Waals surface area contributed by atoms with Crippen LogP contribution in [0.15, 0.2) is 42.7 Å². The van der Waals surface area contributed by atoms with Crippen LogP contribution in [0.2, 0.25) is 0 Å². The van der Waals surface area contributed by atoms with Crippen molar-refractivity contribution < 1.29 is 4.79 Å². The second-order valence-corrected chi connectivity index (χ2v) is 6.21. The molecule has 1 aliphatic rings. The number of carbonyl (C=O) groups excluding carboxylic acids is 1. The Bertz CT molecular complexity index is 891. The topological polar surface area (TPSA) is 99.7 Å². The molecule has 132 valence electrons. The minimum absolute atomic E-state index is 0.0450. The van der Waals surface area contributed by atoms with Crippen LogP contribution in [-0.2, 0) is 4.79 Å². The second kappa shape index (κ2) is 6.91. The van der Waals surface area contributed by atoms with E-state index in [1.165, 1.54) is 0 Å². The molecule has 0 spiro atoms. The molecule has 0 unspecified atom stereocenters. The van der Waals surface area contributed by atoms with E-state index >= 15 is 0 Å². The zero-order valence-electron chi connectivity index (χ0n) is 14.4. The molecule has 1 saturated heterocycles. The third-order valence-corrected chi connectivity index (χ3v) is 4.37. The number of aryl methyl sites for hydroxylation is 1. The van der Waals surface area contributed by atoms with Crippen molar-refractivity contribution in [1.82, 2.24) is 25.1 Å². The van der Waals surface area contributed by atoms with E-state index in [0.717, 1.165) is 36.5 Å². The SMILES string of the molecule is Cc1nc(-c2ccc(NC(=O)[C@@H]3CCCN3c3ncccn3)cc2)n[nH]1. The highest BCUT2D eigenvalue weighted by atomic mass is 16.2. The number of H-pyrrole nitrogens is 1. The molecule has 3 heterocycles. The summed E-state index contributed by atoms with van der Waals surface area (Å²) in [6.07, 6.45) is 5.12. The average Bonchev–Trinajstić information content (AvgIpc) is 3.32. The van der Waals surface area contributed by atoms with Gasteiger partial charge in [0.2, 0.25) is 11.9 Å². The first-order valence-corrected chi connectivity index (χ1v) is 8.55. The molecule has 0 saturated carbocycles. The van der Waals surface area contributed by atoms with Gasteiger partial charge in [-0.1, -0.05) is 0 Å². The van der Waals surface area contributed by atoms with Crippen LogP contribution in [0.1, 0.15) is 18.7 Å². The predicted molar refractivity (Wildman–Crippen MR) is 97.6 cm³/mol. The first-order valence-electron chi connectivity index (χ1n) is 8.55. The highest BCUT2D eigenvalue weighted by molar-refractivity contribution is 5.97. The molecule has 8 heteroatoms. The second-order valence-electron chi connectivity index (χ2n) is 6.21. The lowest BCUT2D eigenvalue weighted by Gasteiger charge is -2.23. The van der Waals surface area contributed by atoms with Crippen LogP contribution >= 0.6 is 0 Å². The number of hydrogen-bond acceptors (Lipinski definition) is 6. The lowest BCUT2D eigenvalue weighted by molar-refractivity contribution is -0.117. The van der Waals surface area contributed by atoms with Gasteiger partial charge in [-0.25, -0.2) is 15.0 Å². The number of hydrogen-bond donors (Lipinski definition) is 2. The maximum absolute atomic E-state index is 12.7. The van der Waals surface area contributed by atoms with Gasteiger partial charge in [-0.2, -0.15) is 5.10 Å². The van der Waals surface area contributed by atoms with E-state index in [1.807, 2.05) is 36.1 Å². The molecular weight excluding hydrogens is 330 g/mol. The number of rotatable bonds is 4. The van der Waals surface area contributed by atoms with Crippen LogP contribution in [0, 0.1) is 6.92 Å². The zero-order valence-corrected chi connectivity index (χ0v) is 14.4. The predicted octanol–water partition coefficient (Wildman–Crippen LogP) is 2.18. The highest BCUT2D eigenvalue weighted by Gasteiger charge is 2.32. The number of aromatic nitrogens is 5. The number of nitrogens with one attached hydrogen (secondary N) is 2. The standard InChI is InChI=1S/C18H19N7O/c1-12-21-16(24-23-12)13-5-7-14(8-6-13)22-17(26)15-4-2-11-25(15)18-19-9-3-10-20-18/h3,5-10,15H,2,4,11H2,1H3,(H,22,26)(H,21,23,24)/t15-/m0/s1. The van der Waals surface area contributed by atoms with Crippen LogP contribution in [0.25, 0.3) is 11.4 Å². The molecule has 8 nitrogen and oxygen atoms in total. The summed E-state index contributed by atoms with van der Waals surface area (Å²) in [4.78, 5) is 27.5. The minimum Gasteiger partial charge on any atom is -0.329 e. The molecule has 1 aromatic carbocycles. The van der Waals surface area contributed by atoms with Crippen molar-refractivity contribution in [2.45, 2.75) is 25.8 Å². The van der Waals surface area contributed by atoms with Gasteiger partial charge in [0.05, 0.1) is 0 Å². The van der Waals surface area contributed by atoms with Gasteiger partial charge >= 0.3 is 0 Å². The molecule has 1 fully saturated rings. The number of amides is 1. The molecule has 1 atom stereocenters. The van der Waals surface area contributed by atoms with Crippen molar-refractivity contribution >= 4 is 17.5 Å². The van der Waals surface area contributed by atoms with Gasteiger partial charge in [0.25, 0.3) is 0 Å². The smallest absolute Gasteiger partial charge is 0.247 e. The third kappa shape index (κ3) is 3.26. The van der Waals surface area contributed by atoms with E-state index in [4.69, 9.17) is 0 Å². The fourth-order valence-corrected chi connectivity index (χ4v) is 3.12. The molecule has 3 aromatic rings. The summed E-state index contributed by atoms with van der Waals surface area (Å²) >= 11 is 0. The monoisotopic (exact) mass is 349 g/mol. The lowest BCUT2D eigenvalue weighted by Crippen LogP contribution is -2.40. The maximum atomic E-state index is 12.7. The van der Waals surface area contributed by atoms with Crippen molar-refractivity contribution in [3.63, 3.8) is 0 Å². The molecule has 1 aliphatic heterocycles. The Kier molecular flexibility index (Phi) is 4.30. The van der Waals surface area contributed by atoms with Gasteiger partial charge < -0.3 is 10.2 Å². The zero-order chi connectivity index (χ0) is 17.9. The number of aromatic amines is 1. The van der Waals surface area contributed by atoms with Gasteiger partial charge in [0.15, 0.2) is 5.82 Å². The first-order chi connectivity index (χ1) is 12.7. The Balaban J connectivity index is 1.46. The van der Waals surface area contributed by atoms with E-state index < -0.39 is 0 Å². The molecule has 0 bridgehead atoms. The Hall–Kier alpha value is -3.29. The lowest BCUT2D eigenvalue weighted by atomic mass is 10.1. The van der Waals surface area contributed by atoms with Crippen LogP contribution < -0.4 is 10.2 Å². The fraction of sp³-hybridized carbons (Fsp3) is 0.278. The minimum atomic E-state index is -0.257. The van der Waals surface area contributed by atoms with E-state index in [1.54, 1.807) is 18.5 Å². The Morgan fingerprint density at radius 3 is 2.69 bits per heavy atom. The van der Waals surface area contributed by atoms with E-state index in [-0.39, 0.29) is 11.9 Å². The summed E-state index contributed by atoms with van der Waals surface area (Å²) in [6.45, 7) is 2.64. The van der Waals surface area contributed by atoms with Crippen molar-refractivity contribution in [2.24, 2.45) is 0 Å². The van der Waals surface area contributed by atoms with Crippen molar-refractivity contribution in [2.75, 3.05) is 16.8 Å². The van der Waals surface area contributed by atoms with Crippen molar-refractivity contribution in [3.8, 4) is 11.4 Å². The highest BCUT2D eigenvalue weighted by Crippen LogP contribution is 2.24. The Morgan fingerprint density at radius 2 is 2.00 bits per heavy atom. The van der Waals surface area contributed by atoms with Crippen LogP contribution in [0.5, 0.6) is 0 Å². The van der Waals surface area contributed by atoms with Crippen molar-refractivity contribution in [3.05, 3.63) is 48.5 Å². The summed E-state index contributed by atoms with van der Waals surface area (Å²) in [5, 5.41) is 9.95. The third-order valence-electron chi connectivity index (χ3n) is 4.37. The van der Waals surface area contributed by atoms with Gasteiger partial charge in [0.1, 0.15) is 11.9 Å². The number of anilines is 2. The van der Waals surface area contributed by atoms with Crippen molar-refractivity contribution in [1.29, 1.82) is 0 Å². The fourth-order valence-electron chi connectivity index (χ4n) is 3.12. The van der Waals surface area contributed by atoms with Crippen LogP contribution in [0.4, 0.5) is 11.6 Å². The summed E-state index contributed by atoms with van der Waals surface area (Å²) in [5.74, 6) is 1.96. The van der Waals surface area contributed by atoms with E-state index in [9.17, 15) is 4.79 Å². The van der Waals surface area contributed by atoms with Crippen LogP contribution in [-0.4, -0.2) is 43.6 Å². The number of nitrogens with zero attached hydrogens (tertiary/aromatic N) is 5. The van der Waals surface area contributed by atoms with Gasteiger partial charge in [0, 0.05) is 30.2 Å². The summed E-state index contributed by atoms with van der Waals surface area (Å²) in [6, 6.07) is 9.02. The molecular formula is C18H19N7O. The molecule has 4 rings (SSSR count). The number of benzene rings is 1. The largest absolute Gasteiger partial charge is 0.329 e.